The first-order chi connectivity index (χ1) is 18.5. The van der Waals surface area contributed by atoms with Crippen LogP contribution in [0.15, 0.2) is 62.5 Å². The summed E-state index contributed by atoms with van der Waals surface area (Å²) < 4.78 is 19.5. The van der Waals surface area contributed by atoms with E-state index in [1.165, 1.54) is 23.1 Å². The van der Waals surface area contributed by atoms with Crippen LogP contribution in [-0.4, -0.2) is 63.0 Å². The maximum absolute atomic E-state index is 13.4. The predicted octanol–water partition coefficient (Wildman–Crippen LogP) is 4.60. The van der Waals surface area contributed by atoms with Crippen molar-refractivity contribution in [1.29, 1.82) is 0 Å². The van der Waals surface area contributed by atoms with Gasteiger partial charge in [-0.15, -0.1) is 10.2 Å². The molecule has 0 amide bonds. The van der Waals surface area contributed by atoms with Gasteiger partial charge in [0.25, 0.3) is 0 Å². The highest BCUT2D eigenvalue weighted by Crippen LogP contribution is 2.43. The third-order valence-corrected chi connectivity index (χ3v) is 8.35. The standard InChI is InChI=1S/C24H22BrN7O4S2/c1-4-36-22(33)18-16(12-37-24-29-27-21(38-24)13-8-6-5-7-9-13)26-23-28-30-31-32(23)19(18)14-10-15(25)20(35-3)17(11-14)34-2/h5-11,19H,4,12H2,1-3H3,(H,26,28,31). The van der Waals surface area contributed by atoms with Gasteiger partial charge in [-0.25, -0.2) is 4.79 Å². The summed E-state index contributed by atoms with van der Waals surface area (Å²) in [7, 11) is 3.11. The second kappa shape index (κ2) is 11.5. The number of rotatable bonds is 9. The van der Waals surface area contributed by atoms with Gasteiger partial charge >= 0.3 is 5.97 Å². The van der Waals surface area contributed by atoms with Gasteiger partial charge in [-0.1, -0.05) is 58.5 Å². The molecule has 1 atom stereocenters. The third-order valence-electron chi connectivity index (χ3n) is 5.63. The summed E-state index contributed by atoms with van der Waals surface area (Å²) >= 11 is 6.49. The van der Waals surface area contributed by atoms with Gasteiger partial charge in [0, 0.05) is 17.0 Å². The number of ether oxygens (including phenoxy) is 3. The van der Waals surface area contributed by atoms with Gasteiger partial charge in [0.15, 0.2) is 15.8 Å². The van der Waals surface area contributed by atoms with Crippen LogP contribution in [0.2, 0.25) is 0 Å². The molecule has 14 heteroatoms. The van der Waals surface area contributed by atoms with Crippen LogP contribution >= 0.6 is 39.0 Å². The molecule has 3 heterocycles. The van der Waals surface area contributed by atoms with Crippen molar-refractivity contribution >= 4 is 50.9 Å². The van der Waals surface area contributed by atoms with Gasteiger partial charge in [-0.2, -0.15) is 4.68 Å². The number of anilines is 1. The Morgan fingerprint density at radius 3 is 2.71 bits per heavy atom. The zero-order valence-corrected chi connectivity index (χ0v) is 23.8. The van der Waals surface area contributed by atoms with E-state index in [2.05, 4.69) is 47.0 Å². The molecule has 196 valence electrons. The van der Waals surface area contributed by atoms with Gasteiger partial charge in [0.2, 0.25) is 5.95 Å². The molecule has 38 heavy (non-hydrogen) atoms. The first kappa shape index (κ1) is 26.1. The Morgan fingerprint density at radius 1 is 1.16 bits per heavy atom. The molecule has 1 aliphatic rings. The van der Waals surface area contributed by atoms with Gasteiger partial charge in [-0.3, -0.25) is 0 Å². The van der Waals surface area contributed by atoms with Crippen LogP contribution in [0.1, 0.15) is 18.5 Å². The summed E-state index contributed by atoms with van der Waals surface area (Å²) in [5.74, 6) is 1.33. The van der Waals surface area contributed by atoms with Gasteiger partial charge in [-0.05, 0) is 51.0 Å². The Bertz CT molecular complexity index is 1490. The van der Waals surface area contributed by atoms with Crippen LogP contribution in [0.25, 0.3) is 10.6 Å². The number of hydrogen-bond acceptors (Lipinski definition) is 12. The van der Waals surface area contributed by atoms with Crippen molar-refractivity contribution in [3.05, 3.63) is 63.8 Å². The van der Waals surface area contributed by atoms with Gasteiger partial charge in [0.05, 0.1) is 30.9 Å². The molecule has 0 fully saturated rings. The van der Waals surface area contributed by atoms with E-state index in [-0.39, 0.29) is 6.61 Å². The number of carbonyl (C=O) groups excluding carboxylic acids is 1. The monoisotopic (exact) mass is 615 g/mol. The number of nitrogens with one attached hydrogen (secondary N) is 1. The molecular formula is C24H22BrN7O4S2. The molecule has 0 aliphatic carbocycles. The number of hydrogen-bond donors (Lipinski definition) is 1. The fourth-order valence-electron chi connectivity index (χ4n) is 4.00. The molecule has 2 aromatic heterocycles. The van der Waals surface area contributed by atoms with E-state index in [1.54, 1.807) is 31.9 Å². The predicted molar refractivity (Wildman–Crippen MR) is 147 cm³/mol. The topological polar surface area (TPSA) is 126 Å². The molecule has 1 N–H and O–H groups in total. The molecule has 4 aromatic rings. The smallest absolute Gasteiger partial charge is 0.338 e. The fraction of sp³-hybridized carbons (Fsp3) is 0.250. The Labute approximate surface area is 234 Å². The number of tetrazole rings is 1. The molecule has 0 saturated carbocycles. The van der Waals surface area contributed by atoms with Crippen LogP contribution in [0.3, 0.4) is 0 Å². The van der Waals surface area contributed by atoms with E-state index in [4.69, 9.17) is 14.2 Å². The van der Waals surface area contributed by atoms with Crippen molar-refractivity contribution in [1.82, 2.24) is 30.4 Å². The largest absolute Gasteiger partial charge is 0.493 e. The average molecular weight is 617 g/mol. The minimum Gasteiger partial charge on any atom is -0.493 e. The number of benzene rings is 2. The lowest BCUT2D eigenvalue weighted by Crippen LogP contribution is -2.31. The van der Waals surface area contributed by atoms with Crippen LogP contribution in [-0.2, 0) is 9.53 Å². The molecule has 0 spiro atoms. The zero-order chi connectivity index (χ0) is 26.6. The lowest BCUT2D eigenvalue weighted by atomic mass is 9.95. The van der Waals surface area contributed by atoms with Crippen LogP contribution in [0.5, 0.6) is 11.5 Å². The SMILES string of the molecule is CCOC(=O)C1=C(CSc2nnc(-c3ccccc3)s2)Nc2nnnn2C1c1cc(Br)c(OC)c(OC)c1. The summed E-state index contributed by atoms with van der Waals surface area (Å²) in [4.78, 5) is 13.4. The number of methoxy groups -OCH3 is 2. The molecule has 1 aliphatic heterocycles. The highest BCUT2D eigenvalue weighted by atomic mass is 79.9. The number of fused-ring (bicyclic) bond motifs is 1. The van der Waals surface area contributed by atoms with Crippen molar-refractivity contribution in [3.63, 3.8) is 0 Å². The normalized spacial score (nSPS) is 14.6. The van der Waals surface area contributed by atoms with E-state index in [9.17, 15) is 4.79 Å². The highest BCUT2D eigenvalue weighted by Gasteiger charge is 2.37. The van der Waals surface area contributed by atoms with Crippen molar-refractivity contribution in [2.75, 3.05) is 31.9 Å². The van der Waals surface area contributed by atoms with Crippen LogP contribution in [0.4, 0.5) is 5.95 Å². The summed E-state index contributed by atoms with van der Waals surface area (Å²) in [6.45, 7) is 1.98. The maximum Gasteiger partial charge on any atom is 0.338 e. The van der Waals surface area contributed by atoms with Crippen molar-refractivity contribution in [3.8, 4) is 22.1 Å². The Morgan fingerprint density at radius 2 is 1.97 bits per heavy atom. The molecule has 11 nitrogen and oxygen atoms in total. The number of halogens is 1. The number of esters is 1. The number of aromatic nitrogens is 6. The van der Waals surface area contributed by atoms with Crippen LogP contribution < -0.4 is 14.8 Å². The van der Waals surface area contributed by atoms with Crippen molar-refractivity contribution in [2.45, 2.75) is 17.3 Å². The lowest BCUT2D eigenvalue weighted by molar-refractivity contribution is -0.139. The summed E-state index contributed by atoms with van der Waals surface area (Å²) in [6, 6.07) is 12.8. The van der Waals surface area contributed by atoms with E-state index in [0.717, 1.165) is 14.9 Å². The maximum atomic E-state index is 13.4. The zero-order valence-electron chi connectivity index (χ0n) is 20.5. The van der Waals surface area contributed by atoms with Crippen LogP contribution in [0, 0.1) is 0 Å². The van der Waals surface area contributed by atoms with E-state index in [0.29, 0.717) is 44.5 Å². The van der Waals surface area contributed by atoms with Crippen molar-refractivity contribution in [2.24, 2.45) is 0 Å². The molecule has 0 bridgehead atoms. The Hall–Kier alpha value is -3.49. The molecule has 5 rings (SSSR count). The summed E-state index contributed by atoms with van der Waals surface area (Å²) in [6.07, 6.45) is 0. The summed E-state index contributed by atoms with van der Waals surface area (Å²) in [5.41, 5.74) is 2.70. The highest BCUT2D eigenvalue weighted by molar-refractivity contribution is 9.10. The molecule has 0 saturated heterocycles. The minimum atomic E-state index is -0.679. The van der Waals surface area contributed by atoms with E-state index >= 15 is 0 Å². The van der Waals surface area contributed by atoms with E-state index < -0.39 is 12.0 Å². The molecular weight excluding hydrogens is 594 g/mol. The quantitative estimate of drug-likeness (QED) is 0.210. The third kappa shape index (κ3) is 5.11. The van der Waals surface area contributed by atoms with Gasteiger partial charge in [0.1, 0.15) is 11.0 Å². The Kier molecular flexibility index (Phi) is 7.90. The molecule has 0 radical (unpaired) electrons. The lowest BCUT2D eigenvalue weighted by Gasteiger charge is -2.29. The average Bonchev–Trinajstić information content (AvgIpc) is 3.61. The second-order valence-electron chi connectivity index (χ2n) is 7.85. The summed E-state index contributed by atoms with van der Waals surface area (Å²) in [5, 5.41) is 24.8. The fourth-order valence-corrected chi connectivity index (χ4v) is 6.45. The first-order valence-corrected chi connectivity index (χ1v) is 14.0. The van der Waals surface area contributed by atoms with Crippen molar-refractivity contribution < 1.29 is 19.0 Å². The number of carbonyl (C=O) groups is 1. The van der Waals surface area contributed by atoms with Gasteiger partial charge < -0.3 is 19.5 Å². The molecule has 1 unspecified atom stereocenters. The Balaban J connectivity index is 1.54. The number of nitrogens with zero attached hydrogens (tertiary/aromatic N) is 6. The number of thioether (sulfide) groups is 1. The van der Waals surface area contributed by atoms with E-state index in [1.807, 2.05) is 36.4 Å². The second-order valence-corrected chi connectivity index (χ2v) is 10.9. The molecule has 2 aromatic carbocycles. The minimum absolute atomic E-state index is 0.213. The first-order valence-electron chi connectivity index (χ1n) is 11.4.